The topological polar surface area (TPSA) is 123 Å². The zero-order chi connectivity index (χ0) is 45.5. The molecule has 0 aromatic heterocycles. The van der Waals surface area contributed by atoms with Crippen LogP contribution >= 0.6 is 0 Å². The van der Waals surface area contributed by atoms with Gasteiger partial charge in [0.2, 0.25) is 0 Å². The van der Waals surface area contributed by atoms with E-state index in [0.717, 1.165) is 39.2 Å². The molecule has 0 aliphatic heterocycles. The molecule has 7 atom stereocenters. The van der Waals surface area contributed by atoms with Crippen LogP contribution in [0.25, 0.3) is 0 Å². The fourth-order valence-electron chi connectivity index (χ4n) is 9.68. The Balaban J connectivity index is 1.72. The molecule has 2 aliphatic carbocycles. The zero-order valence-electron chi connectivity index (χ0n) is 38.8. The van der Waals surface area contributed by atoms with Crippen LogP contribution < -0.4 is 4.74 Å². The molecule has 0 bridgehead atoms. The standard InChI is InChI=1S/C50H69NO9SSi/c1-13-55-38(5)59-43(31-51)45-37(4)29-30-50(48(45,6)7,60-62(10,11)12)47(57-33-39-17-15-14-16-18-39)46-36(3)21-28-44(56-32-40-22-24-41(54-9)25-23-40)49(46,8)34-58-61(52,53)42-26-19-35(2)20-27-42/h14-20,22-27,38,43-44,46-47H,3,13,21,28-30,32-34H2,1-2,4-12H3/t38?,43?,44-,46-,47-,49+,50+/m0/s1. The summed E-state index contributed by atoms with van der Waals surface area (Å²) in [6, 6.07) is 26.9. The van der Waals surface area contributed by atoms with Gasteiger partial charge in [0.1, 0.15) is 5.75 Å². The van der Waals surface area contributed by atoms with Crippen LogP contribution in [0.3, 0.4) is 0 Å². The van der Waals surface area contributed by atoms with E-state index in [-0.39, 0.29) is 24.7 Å². The molecule has 3 aromatic carbocycles. The van der Waals surface area contributed by atoms with Gasteiger partial charge >= 0.3 is 0 Å². The maximum Gasteiger partial charge on any atom is 0.296 e. The lowest BCUT2D eigenvalue weighted by atomic mass is 9.52. The van der Waals surface area contributed by atoms with Gasteiger partial charge in [0, 0.05) is 23.4 Å². The maximum absolute atomic E-state index is 14.1. The molecule has 1 fully saturated rings. The predicted octanol–water partition coefficient (Wildman–Crippen LogP) is 10.9. The van der Waals surface area contributed by atoms with Crippen LogP contribution in [0.15, 0.2) is 107 Å². The van der Waals surface area contributed by atoms with Crippen molar-refractivity contribution in [2.24, 2.45) is 16.7 Å². The van der Waals surface area contributed by atoms with E-state index >= 15 is 0 Å². The second-order valence-corrected chi connectivity index (χ2v) is 24.7. The van der Waals surface area contributed by atoms with Gasteiger partial charge in [-0.1, -0.05) is 98.7 Å². The molecule has 12 heteroatoms. The minimum Gasteiger partial charge on any atom is -0.497 e. The monoisotopic (exact) mass is 887 g/mol. The van der Waals surface area contributed by atoms with Crippen molar-refractivity contribution in [3.8, 4) is 11.8 Å². The summed E-state index contributed by atoms with van der Waals surface area (Å²) in [6.07, 6.45) is -0.421. The Bertz CT molecular complexity index is 2140. The second-order valence-electron chi connectivity index (χ2n) is 18.7. The van der Waals surface area contributed by atoms with Crippen LogP contribution in [0.4, 0.5) is 0 Å². The van der Waals surface area contributed by atoms with Crippen molar-refractivity contribution in [2.75, 3.05) is 20.3 Å². The van der Waals surface area contributed by atoms with Crippen LogP contribution in [-0.4, -0.2) is 67.3 Å². The molecule has 2 aliphatic rings. The third-order valence-electron chi connectivity index (χ3n) is 12.8. The summed E-state index contributed by atoms with van der Waals surface area (Å²) in [5.74, 6) is 0.191. The van der Waals surface area contributed by atoms with Gasteiger partial charge in [0.05, 0.1) is 55.7 Å². The Kier molecular flexibility index (Phi) is 16.3. The van der Waals surface area contributed by atoms with Crippen molar-refractivity contribution in [3.05, 3.63) is 119 Å². The van der Waals surface area contributed by atoms with Gasteiger partial charge in [-0.3, -0.25) is 4.18 Å². The van der Waals surface area contributed by atoms with E-state index in [1.165, 1.54) is 0 Å². The first-order valence-corrected chi connectivity index (χ1v) is 26.6. The van der Waals surface area contributed by atoms with Crippen molar-refractivity contribution < 1.29 is 40.7 Å². The highest BCUT2D eigenvalue weighted by Gasteiger charge is 2.64. The number of nitriles is 1. The minimum atomic E-state index is -4.21. The molecule has 0 N–H and O–H groups in total. The molecular weight excluding hydrogens is 819 g/mol. The first-order valence-electron chi connectivity index (χ1n) is 21.8. The van der Waals surface area contributed by atoms with E-state index in [4.69, 9.17) is 38.9 Å². The molecule has 0 spiro atoms. The Labute approximate surface area is 372 Å². The lowest BCUT2D eigenvalue weighted by Gasteiger charge is -2.62. The maximum atomic E-state index is 14.1. The van der Waals surface area contributed by atoms with Crippen molar-refractivity contribution in [1.82, 2.24) is 0 Å². The van der Waals surface area contributed by atoms with E-state index < -0.39 is 65.4 Å². The molecule has 0 heterocycles. The van der Waals surface area contributed by atoms with E-state index in [0.29, 0.717) is 32.3 Å². The van der Waals surface area contributed by atoms with Crippen LogP contribution in [0, 0.1) is 35.0 Å². The SMILES string of the molecule is C=C1CC[C@H](OCc2ccc(OC)cc2)[C@@](C)(COS(=O)(=O)c2ccc(C)cc2)[C@@H]1[C@H](OCc1ccccc1)[C@]1(O[Si](C)(C)C)CCC(C)=C(C(C#N)OC(C)OCC)C1(C)C. The van der Waals surface area contributed by atoms with E-state index in [1.807, 2.05) is 75.4 Å². The fraction of sp³-hybridized carbons (Fsp3) is 0.540. The Morgan fingerprint density at radius 2 is 1.55 bits per heavy atom. The summed E-state index contributed by atoms with van der Waals surface area (Å²) < 4.78 is 74.1. The van der Waals surface area contributed by atoms with E-state index in [2.05, 4.69) is 53.4 Å². The van der Waals surface area contributed by atoms with E-state index in [9.17, 15) is 13.7 Å². The molecule has 0 amide bonds. The molecule has 2 unspecified atom stereocenters. The minimum absolute atomic E-state index is 0.0755. The largest absolute Gasteiger partial charge is 0.497 e. The van der Waals surface area contributed by atoms with Crippen molar-refractivity contribution in [2.45, 2.75) is 142 Å². The van der Waals surface area contributed by atoms with Gasteiger partial charge in [0.15, 0.2) is 20.7 Å². The number of nitrogens with zero attached hydrogens (tertiary/aromatic N) is 1. The number of aryl methyl sites for hydroxylation is 1. The average molecular weight is 888 g/mol. The number of hydrogen-bond acceptors (Lipinski definition) is 10. The molecule has 5 rings (SSSR count). The average Bonchev–Trinajstić information content (AvgIpc) is 3.22. The van der Waals surface area contributed by atoms with Gasteiger partial charge in [-0.25, -0.2) is 0 Å². The van der Waals surface area contributed by atoms with Gasteiger partial charge in [-0.05, 0) is 114 Å². The van der Waals surface area contributed by atoms with Gasteiger partial charge < -0.3 is 28.1 Å². The first-order chi connectivity index (χ1) is 29.2. The fourth-order valence-corrected chi connectivity index (χ4v) is 12.3. The highest BCUT2D eigenvalue weighted by molar-refractivity contribution is 7.86. The third-order valence-corrected chi connectivity index (χ3v) is 15.0. The molecule has 3 aromatic rings. The quantitative estimate of drug-likeness (QED) is 0.0469. The van der Waals surface area contributed by atoms with Crippen molar-refractivity contribution in [1.29, 1.82) is 5.26 Å². The van der Waals surface area contributed by atoms with Gasteiger partial charge in [-0.2, -0.15) is 13.7 Å². The molecule has 338 valence electrons. The number of methoxy groups -OCH3 is 1. The summed E-state index contributed by atoms with van der Waals surface area (Å²) in [5, 5.41) is 10.8. The molecular formula is C50H69NO9SSi. The summed E-state index contributed by atoms with van der Waals surface area (Å²) in [4.78, 5) is 0.0755. The first kappa shape index (κ1) is 49.4. The highest BCUT2D eigenvalue weighted by Crippen LogP contribution is 2.60. The van der Waals surface area contributed by atoms with Gasteiger partial charge in [-0.15, -0.1) is 0 Å². The zero-order valence-corrected chi connectivity index (χ0v) is 40.6. The molecule has 62 heavy (non-hydrogen) atoms. The Hall–Kier alpha value is -3.64. The molecule has 0 saturated heterocycles. The molecule has 10 nitrogen and oxygen atoms in total. The normalized spacial score (nSPS) is 24.6. The number of benzene rings is 3. The van der Waals surface area contributed by atoms with Crippen molar-refractivity contribution >= 4 is 18.4 Å². The highest BCUT2D eigenvalue weighted by atomic mass is 32.2. The van der Waals surface area contributed by atoms with Crippen LogP contribution in [0.2, 0.25) is 19.6 Å². The predicted molar refractivity (Wildman–Crippen MR) is 245 cm³/mol. The van der Waals surface area contributed by atoms with Crippen LogP contribution in [0.1, 0.15) is 83.9 Å². The number of rotatable bonds is 20. The summed E-state index contributed by atoms with van der Waals surface area (Å²) in [6.45, 7) is 26.0. The third kappa shape index (κ3) is 11.2. The smallest absolute Gasteiger partial charge is 0.296 e. The van der Waals surface area contributed by atoms with Crippen LogP contribution in [-0.2, 0) is 50.9 Å². The summed E-state index contributed by atoms with van der Waals surface area (Å²) in [5.41, 5.74) is 2.67. The summed E-state index contributed by atoms with van der Waals surface area (Å²) in [7, 11) is -5.06. The van der Waals surface area contributed by atoms with Gasteiger partial charge in [0.25, 0.3) is 10.1 Å². The number of allylic oxidation sites excluding steroid dienone is 1. The van der Waals surface area contributed by atoms with E-state index in [1.54, 1.807) is 31.4 Å². The lowest BCUT2D eigenvalue weighted by molar-refractivity contribution is -0.215. The Morgan fingerprint density at radius 1 is 0.903 bits per heavy atom. The number of hydrogen-bond donors (Lipinski definition) is 0. The number of ether oxygens (including phenoxy) is 5. The van der Waals surface area contributed by atoms with Crippen LogP contribution in [0.5, 0.6) is 5.75 Å². The summed E-state index contributed by atoms with van der Waals surface area (Å²) >= 11 is 0. The lowest BCUT2D eigenvalue weighted by Crippen LogP contribution is -2.68. The second kappa shape index (κ2) is 20.5. The van der Waals surface area contributed by atoms with Crippen molar-refractivity contribution in [3.63, 3.8) is 0 Å². The molecule has 0 radical (unpaired) electrons. The molecule has 1 saturated carbocycles. The Morgan fingerprint density at radius 3 is 2.15 bits per heavy atom.